The van der Waals surface area contributed by atoms with Crippen LogP contribution in [0.15, 0.2) is 133 Å². The van der Waals surface area contributed by atoms with Gasteiger partial charge in [0.05, 0.1) is 0 Å². The molecule has 0 aliphatic carbocycles. The van der Waals surface area contributed by atoms with Crippen molar-refractivity contribution in [3.63, 3.8) is 0 Å². The predicted molar refractivity (Wildman–Crippen MR) is 173 cm³/mol. The minimum absolute atomic E-state index is 1.23. The first-order chi connectivity index (χ1) is 19.5. The third-order valence-electron chi connectivity index (χ3n) is 7.82. The van der Waals surface area contributed by atoms with E-state index in [1.165, 1.54) is 77.9 Å². The van der Waals surface area contributed by atoms with E-state index in [2.05, 4.69) is 161 Å². The highest BCUT2D eigenvalue weighted by Crippen LogP contribution is 2.46. The minimum atomic E-state index is 1.23. The van der Waals surface area contributed by atoms with Gasteiger partial charge in [0.25, 0.3) is 0 Å². The summed E-state index contributed by atoms with van der Waals surface area (Å²) in [5.74, 6) is 0. The molecule has 0 amide bonds. The summed E-state index contributed by atoms with van der Waals surface area (Å²) < 4.78 is 0. The fraction of sp³-hybridized carbons (Fsp3) is 0.100. The molecule has 6 aromatic rings. The molecule has 0 saturated heterocycles. The Morgan fingerprint density at radius 1 is 0.250 bits per heavy atom. The molecule has 0 N–H and O–H groups in total. The summed E-state index contributed by atoms with van der Waals surface area (Å²) in [6.07, 6.45) is 0. The zero-order valence-electron chi connectivity index (χ0n) is 23.7. The van der Waals surface area contributed by atoms with Crippen LogP contribution in [-0.2, 0) is 0 Å². The Kier molecular flexibility index (Phi) is 6.93. The van der Waals surface area contributed by atoms with Crippen LogP contribution in [0.4, 0.5) is 0 Å². The van der Waals surface area contributed by atoms with Crippen molar-refractivity contribution in [1.82, 2.24) is 0 Å². The average molecular weight is 515 g/mol. The Labute approximate surface area is 238 Å². The lowest BCUT2D eigenvalue weighted by Crippen LogP contribution is -1.95. The molecule has 0 aliphatic heterocycles. The highest BCUT2D eigenvalue weighted by atomic mass is 14.2. The minimum Gasteiger partial charge on any atom is -0.0610 e. The standard InChI is InChI=1S/C40H34/c1-27-11-19-31(20-12-27)35-7-5-9-37(39(35)33-23-15-29(3)16-24-33)38-10-6-8-36(32-21-13-28(2)14-22-32)40(38)34-25-17-30(4)18-26-34/h5-26H,1-4H3. The maximum atomic E-state index is 2.29. The molecule has 6 aromatic carbocycles. The van der Waals surface area contributed by atoms with Gasteiger partial charge in [0.15, 0.2) is 0 Å². The molecule has 40 heavy (non-hydrogen) atoms. The number of hydrogen-bond donors (Lipinski definition) is 0. The number of benzene rings is 6. The molecule has 0 nitrogen and oxygen atoms in total. The zero-order chi connectivity index (χ0) is 27.6. The Bertz CT molecular complexity index is 1630. The van der Waals surface area contributed by atoms with E-state index < -0.39 is 0 Å². The third kappa shape index (κ3) is 5.01. The smallest absolute Gasteiger partial charge is 0.00266 e. The summed E-state index contributed by atoms with van der Waals surface area (Å²) in [7, 11) is 0. The molecule has 6 rings (SSSR count). The van der Waals surface area contributed by atoms with Crippen molar-refractivity contribution in [3.05, 3.63) is 156 Å². The Morgan fingerprint density at radius 3 is 0.800 bits per heavy atom. The van der Waals surface area contributed by atoms with Crippen molar-refractivity contribution in [2.45, 2.75) is 27.7 Å². The van der Waals surface area contributed by atoms with Gasteiger partial charge >= 0.3 is 0 Å². The number of aryl methyl sites for hydroxylation is 4. The van der Waals surface area contributed by atoms with Gasteiger partial charge in [-0.05, 0) is 83.3 Å². The van der Waals surface area contributed by atoms with E-state index in [-0.39, 0.29) is 0 Å². The molecule has 0 heteroatoms. The van der Waals surface area contributed by atoms with Crippen LogP contribution in [0.1, 0.15) is 22.3 Å². The van der Waals surface area contributed by atoms with Crippen molar-refractivity contribution in [3.8, 4) is 55.6 Å². The van der Waals surface area contributed by atoms with Gasteiger partial charge in [-0.25, -0.2) is 0 Å². The van der Waals surface area contributed by atoms with Crippen molar-refractivity contribution in [2.24, 2.45) is 0 Å². The topological polar surface area (TPSA) is 0 Å². The van der Waals surface area contributed by atoms with E-state index in [1.54, 1.807) is 0 Å². The Hall–Kier alpha value is -4.68. The molecule has 0 fully saturated rings. The highest BCUT2D eigenvalue weighted by molar-refractivity contribution is 6.02. The van der Waals surface area contributed by atoms with E-state index in [0.29, 0.717) is 0 Å². The molecular formula is C40H34. The van der Waals surface area contributed by atoms with Crippen molar-refractivity contribution < 1.29 is 0 Å². The SMILES string of the molecule is Cc1ccc(-c2cccc(-c3cccc(-c4ccc(C)cc4)c3-c3ccc(C)cc3)c2-c2ccc(C)cc2)cc1. The van der Waals surface area contributed by atoms with E-state index >= 15 is 0 Å². The summed E-state index contributed by atoms with van der Waals surface area (Å²) in [5, 5.41) is 0. The first-order valence-electron chi connectivity index (χ1n) is 14.0. The van der Waals surface area contributed by atoms with Gasteiger partial charge in [-0.2, -0.15) is 0 Å². The summed E-state index contributed by atoms with van der Waals surface area (Å²) >= 11 is 0. The monoisotopic (exact) mass is 514 g/mol. The molecule has 0 aliphatic rings. The van der Waals surface area contributed by atoms with Crippen LogP contribution in [-0.4, -0.2) is 0 Å². The van der Waals surface area contributed by atoms with Crippen LogP contribution in [0.5, 0.6) is 0 Å². The third-order valence-corrected chi connectivity index (χ3v) is 7.82. The maximum Gasteiger partial charge on any atom is -0.00266 e. The van der Waals surface area contributed by atoms with Crippen molar-refractivity contribution >= 4 is 0 Å². The summed E-state index contributed by atoms with van der Waals surface area (Å²) in [4.78, 5) is 0. The molecule has 0 saturated carbocycles. The van der Waals surface area contributed by atoms with E-state index in [0.717, 1.165) is 0 Å². The second-order valence-corrected chi connectivity index (χ2v) is 10.9. The fourth-order valence-corrected chi connectivity index (χ4v) is 5.56. The molecule has 0 unspecified atom stereocenters. The molecule has 0 aromatic heterocycles. The first kappa shape index (κ1) is 25.6. The molecular weight excluding hydrogens is 480 g/mol. The predicted octanol–water partition coefficient (Wildman–Crippen LogP) is 11.3. The van der Waals surface area contributed by atoms with Gasteiger partial charge < -0.3 is 0 Å². The quantitative estimate of drug-likeness (QED) is 0.215. The zero-order valence-corrected chi connectivity index (χ0v) is 23.7. The fourth-order valence-electron chi connectivity index (χ4n) is 5.56. The summed E-state index contributed by atoms with van der Waals surface area (Å²) in [5.41, 5.74) is 17.5. The van der Waals surface area contributed by atoms with Crippen molar-refractivity contribution in [2.75, 3.05) is 0 Å². The van der Waals surface area contributed by atoms with Gasteiger partial charge in [0.1, 0.15) is 0 Å². The summed E-state index contributed by atoms with van der Waals surface area (Å²) in [6, 6.07) is 49.3. The molecule has 0 radical (unpaired) electrons. The summed E-state index contributed by atoms with van der Waals surface area (Å²) in [6.45, 7) is 8.59. The lowest BCUT2D eigenvalue weighted by molar-refractivity contribution is 1.45. The second kappa shape index (κ2) is 10.8. The molecule has 0 heterocycles. The normalized spacial score (nSPS) is 11.0. The molecule has 194 valence electrons. The molecule has 0 atom stereocenters. The van der Waals surface area contributed by atoms with Crippen LogP contribution in [0, 0.1) is 27.7 Å². The largest absolute Gasteiger partial charge is 0.0610 e. The van der Waals surface area contributed by atoms with E-state index in [4.69, 9.17) is 0 Å². The molecule has 0 spiro atoms. The molecule has 0 bridgehead atoms. The Balaban J connectivity index is 1.68. The van der Waals surface area contributed by atoms with Crippen molar-refractivity contribution in [1.29, 1.82) is 0 Å². The van der Waals surface area contributed by atoms with Gasteiger partial charge in [0.2, 0.25) is 0 Å². The lowest BCUT2D eigenvalue weighted by Gasteiger charge is -2.21. The van der Waals surface area contributed by atoms with Crippen LogP contribution in [0.25, 0.3) is 55.6 Å². The first-order valence-corrected chi connectivity index (χ1v) is 14.0. The van der Waals surface area contributed by atoms with Gasteiger partial charge in [-0.15, -0.1) is 0 Å². The van der Waals surface area contributed by atoms with Crippen LogP contribution < -0.4 is 0 Å². The van der Waals surface area contributed by atoms with Crippen LogP contribution in [0.3, 0.4) is 0 Å². The van der Waals surface area contributed by atoms with E-state index in [9.17, 15) is 0 Å². The number of rotatable bonds is 5. The lowest BCUT2D eigenvalue weighted by atomic mass is 9.82. The van der Waals surface area contributed by atoms with Gasteiger partial charge in [-0.1, -0.05) is 156 Å². The van der Waals surface area contributed by atoms with Crippen LogP contribution >= 0.6 is 0 Å². The van der Waals surface area contributed by atoms with E-state index in [1.807, 2.05) is 0 Å². The Morgan fingerprint density at radius 2 is 0.500 bits per heavy atom. The maximum absolute atomic E-state index is 2.29. The number of hydrogen-bond acceptors (Lipinski definition) is 0. The average Bonchev–Trinajstić information content (AvgIpc) is 2.98. The highest BCUT2D eigenvalue weighted by Gasteiger charge is 2.19. The van der Waals surface area contributed by atoms with Gasteiger partial charge in [-0.3, -0.25) is 0 Å². The van der Waals surface area contributed by atoms with Crippen LogP contribution in [0.2, 0.25) is 0 Å². The second-order valence-electron chi connectivity index (χ2n) is 10.9. The van der Waals surface area contributed by atoms with Gasteiger partial charge in [0, 0.05) is 0 Å².